The molecule has 0 radical (unpaired) electrons. The molecule has 0 saturated carbocycles. The van der Waals surface area contributed by atoms with Crippen molar-refractivity contribution in [2.24, 2.45) is 0 Å². The number of aromatic nitrogens is 1. The molecule has 1 aliphatic heterocycles. The van der Waals surface area contributed by atoms with Gasteiger partial charge in [-0.25, -0.2) is 9.37 Å². The fourth-order valence-corrected chi connectivity index (χ4v) is 4.06. The van der Waals surface area contributed by atoms with E-state index in [0.29, 0.717) is 54.2 Å². The van der Waals surface area contributed by atoms with Gasteiger partial charge in [0.2, 0.25) is 6.41 Å². The van der Waals surface area contributed by atoms with Gasteiger partial charge in [-0.3, -0.25) is 9.69 Å². The Morgan fingerprint density at radius 2 is 1.89 bits per heavy atom. The highest BCUT2D eigenvalue weighted by Gasteiger charge is 2.17. The van der Waals surface area contributed by atoms with Gasteiger partial charge < -0.3 is 20.2 Å². The molecule has 0 atom stereocenters. The molecular formula is C27H25ClFN5O2. The number of amides is 1. The number of carbonyl (C=O) groups is 1. The highest BCUT2D eigenvalue weighted by Crippen LogP contribution is 2.41. The number of rotatable bonds is 7. The van der Waals surface area contributed by atoms with Gasteiger partial charge in [0, 0.05) is 63.0 Å². The number of phenols is 1. The van der Waals surface area contributed by atoms with Crippen molar-refractivity contribution in [2.45, 2.75) is 0 Å². The topological polar surface area (TPSA) is 71.9 Å². The van der Waals surface area contributed by atoms with Crippen LogP contribution in [0.15, 0.2) is 61.1 Å². The average Bonchev–Trinajstić information content (AvgIpc) is 3.16. The first-order chi connectivity index (χ1) is 17.4. The molecule has 0 spiro atoms. The van der Waals surface area contributed by atoms with Crippen LogP contribution in [0, 0.1) is 17.8 Å². The quantitative estimate of drug-likeness (QED) is 0.369. The number of anilines is 2. The molecule has 9 heteroatoms. The summed E-state index contributed by atoms with van der Waals surface area (Å²) in [4.78, 5) is 21.1. The number of benzene rings is 2. The number of nitrogens with zero attached hydrogens (tertiary/aromatic N) is 4. The molecule has 4 rings (SSSR count). The maximum Gasteiger partial charge on any atom is 0.218 e. The Hall–Kier alpha value is -4.22. The SMILES string of the molecule is CN(C)/C=C\N(C=O)c1ccc(-c2cc(F)cc(-c3ccnc(N4CC#CNCC4)c3)c2O)cc1Cl. The summed E-state index contributed by atoms with van der Waals surface area (Å²) in [5.41, 5.74) is 2.19. The minimum Gasteiger partial charge on any atom is -0.507 e. The van der Waals surface area contributed by atoms with E-state index in [4.69, 9.17) is 11.6 Å². The zero-order valence-corrected chi connectivity index (χ0v) is 20.6. The number of pyridine rings is 1. The second-order valence-corrected chi connectivity index (χ2v) is 8.75. The Morgan fingerprint density at radius 1 is 1.14 bits per heavy atom. The van der Waals surface area contributed by atoms with Gasteiger partial charge in [-0.15, -0.1) is 0 Å². The third-order valence-corrected chi connectivity index (χ3v) is 5.89. The Bertz CT molecular complexity index is 1370. The molecular weight excluding hydrogens is 481 g/mol. The maximum atomic E-state index is 14.8. The summed E-state index contributed by atoms with van der Waals surface area (Å²) in [6.45, 7) is 1.90. The molecule has 1 aliphatic rings. The lowest BCUT2D eigenvalue weighted by Gasteiger charge is -2.20. The second kappa shape index (κ2) is 11.0. The van der Waals surface area contributed by atoms with E-state index < -0.39 is 5.82 Å². The fraction of sp³-hybridized carbons (Fsp3) is 0.185. The number of phenolic OH excluding ortho intramolecular Hbond substituents is 1. The molecule has 0 fully saturated rings. The molecule has 0 unspecified atom stereocenters. The van der Waals surface area contributed by atoms with Crippen LogP contribution in [-0.4, -0.2) is 55.1 Å². The van der Waals surface area contributed by atoms with Crippen molar-refractivity contribution in [3.05, 3.63) is 71.9 Å². The number of hydrogen-bond donors (Lipinski definition) is 2. The van der Waals surface area contributed by atoms with Gasteiger partial charge in [-0.05, 0) is 47.5 Å². The smallest absolute Gasteiger partial charge is 0.218 e. The largest absolute Gasteiger partial charge is 0.507 e. The van der Waals surface area contributed by atoms with E-state index >= 15 is 0 Å². The van der Waals surface area contributed by atoms with E-state index in [9.17, 15) is 14.3 Å². The van der Waals surface area contributed by atoms with Gasteiger partial charge in [-0.2, -0.15) is 0 Å². The first-order valence-corrected chi connectivity index (χ1v) is 11.6. The number of nitrogens with one attached hydrogen (secondary N) is 1. The third-order valence-electron chi connectivity index (χ3n) is 5.58. The van der Waals surface area contributed by atoms with Gasteiger partial charge in [0.05, 0.1) is 17.3 Å². The third kappa shape index (κ3) is 5.53. The molecule has 36 heavy (non-hydrogen) atoms. The standard InChI is InChI=1S/C27H25ClFN5O2/c1-32(2)12-13-34(18-35)25-5-4-19(14-24(25)28)22-16-21(29)17-23(27(22)36)20-6-8-31-26(15-20)33-10-3-7-30-9-11-33/h4-6,8,12-18,30,36H,9-11H2,1-2H3/b13-12-. The summed E-state index contributed by atoms with van der Waals surface area (Å²) in [5, 5.41) is 14.4. The molecule has 2 aromatic carbocycles. The lowest BCUT2D eigenvalue weighted by Crippen LogP contribution is -2.29. The summed E-state index contributed by atoms with van der Waals surface area (Å²) < 4.78 is 14.8. The van der Waals surface area contributed by atoms with Gasteiger partial charge >= 0.3 is 0 Å². The van der Waals surface area contributed by atoms with E-state index in [1.165, 1.54) is 17.0 Å². The first kappa shape index (κ1) is 24.9. The molecule has 1 aromatic heterocycles. The number of halogens is 2. The van der Waals surface area contributed by atoms with Crippen molar-refractivity contribution in [3.63, 3.8) is 0 Å². The van der Waals surface area contributed by atoms with Crippen molar-refractivity contribution in [1.82, 2.24) is 15.2 Å². The van der Waals surface area contributed by atoms with Crippen molar-refractivity contribution in [3.8, 4) is 40.0 Å². The van der Waals surface area contributed by atoms with E-state index in [0.717, 1.165) is 0 Å². The zero-order chi connectivity index (χ0) is 25.7. The Labute approximate surface area is 214 Å². The van der Waals surface area contributed by atoms with Crippen LogP contribution >= 0.6 is 11.6 Å². The molecule has 2 heterocycles. The second-order valence-electron chi connectivity index (χ2n) is 8.34. The lowest BCUT2D eigenvalue weighted by molar-refractivity contribution is -0.106. The molecule has 1 amide bonds. The monoisotopic (exact) mass is 505 g/mol. The van der Waals surface area contributed by atoms with Crippen molar-refractivity contribution in [2.75, 3.05) is 43.5 Å². The van der Waals surface area contributed by atoms with Crippen molar-refractivity contribution in [1.29, 1.82) is 0 Å². The maximum absolute atomic E-state index is 14.8. The van der Waals surface area contributed by atoms with Crippen LogP contribution in [0.25, 0.3) is 22.3 Å². The van der Waals surface area contributed by atoms with Crippen molar-refractivity contribution < 1.29 is 14.3 Å². The Morgan fingerprint density at radius 3 is 2.58 bits per heavy atom. The number of aromatic hydroxyl groups is 1. The minimum absolute atomic E-state index is 0.0885. The number of hydrogen-bond acceptors (Lipinski definition) is 6. The van der Waals surface area contributed by atoms with Crippen LogP contribution in [0.4, 0.5) is 15.9 Å². The zero-order valence-electron chi connectivity index (χ0n) is 19.9. The molecule has 0 aliphatic carbocycles. The molecule has 7 nitrogen and oxygen atoms in total. The Balaban J connectivity index is 1.71. The van der Waals surface area contributed by atoms with Gasteiger partial charge in [0.25, 0.3) is 0 Å². The van der Waals surface area contributed by atoms with Crippen molar-refractivity contribution >= 4 is 29.5 Å². The predicted molar refractivity (Wildman–Crippen MR) is 141 cm³/mol. The Kier molecular flexibility index (Phi) is 7.62. The molecule has 184 valence electrons. The predicted octanol–water partition coefficient (Wildman–Crippen LogP) is 4.28. The van der Waals surface area contributed by atoms with E-state index in [2.05, 4.69) is 22.3 Å². The first-order valence-electron chi connectivity index (χ1n) is 11.2. The highest BCUT2D eigenvalue weighted by molar-refractivity contribution is 6.34. The van der Waals surface area contributed by atoms with Crippen LogP contribution in [0.5, 0.6) is 5.75 Å². The van der Waals surface area contributed by atoms with Crippen LogP contribution in [-0.2, 0) is 4.79 Å². The van der Waals surface area contributed by atoms with Crippen LogP contribution in [0.2, 0.25) is 5.02 Å². The fourth-order valence-electron chi connectivity index (χ4n) is 3.78. The summed E-state index contributed by atoms with van der Waals surface area (Å²) in [5.74, 6) is 3.10. The normalized spacial score (nSPS) is 12.9. The van der Waals surface area contributed by atoms with Gasteiger partial charge in [-0.1, -0.05) is 23.6 Å². The average molecular weight is 506 g/mol. The lowest BCUT2D eigenvalue weighted by atomic mass is 9.97. The van der Waals surface area contributed by atoms with Crippen LogP contribution in [0.1, 0.15) is 0 Å². The highest BCUT2D eigenvalue weighted by atomic mass is 35.5. The van der Waals surface area contributed by atoms with Gasteiger partial charge in [0.1, 0.15) is 17.4 Å². The number of carbonyl (C=O) groups excluding carboxylic acids is 1. The van der Waals surface area contributed by atoms with E-state index in [-0.39, 0.29) is 16.3 Å². The summed E-state index contributed by atoms with van der Waals surface area (Å²) >= 11 is 6.48. The van der Waals surface area contributed by atoms with E-state index in [1.807, 2.05) is 19.0 Å². The van der Waals surface area contributed by atoms with Gasteiger partial charge in [0.15, 0.2) is 0 Å². The minimum atomic E-state index is -0.510. The molecule has 2 N–H and O–H groups in total. The molecule has 0 saturated heterocycles. The van der Waals surface area contributed by atoms with E-state index in [1.54, 1.807) is 53.8 Å². The van der Waals surface area contributed by atoms with Crippen LogP contribution < -0.4 is 15.1 Å². The summed E-state index contributed by atoms with van der Waals surface area (Å²) in [6.07, 6.45) is 5.56. The molecule has 0 bridgehead atoms. The van der Waals surface area contributed by atoms with Crippen LogP contribution in [0.3, 0.4) is 0 Å². The summed E-state index contributed by atoms with van der Waals surface area (Å²) in [7, 11) is 3.67. The summed E-state index contributed by atoms with van der Waals surface area (Å²) in [6, 6.07) is 13.9. The molecule has 3 aromatic rings.